The van der Waals surface area contributed by atoms with Crippen LogP contribution in [0, 0.1) is 0 Å². The van der Waals surface area contributed by atoms with Gasteiger partial charge in [0.05, 0.1) is 0 Å². The van der Waals surface area contributed by atoms with E-state index in [1.54, 1.807) is 0 Å². The zero-order valence-corrected chi connectivity index (χ0v) is 5.65. The Kier molecular flexibility index (Phi) is 4.23. The van der Waals surface area contributed by atoms with E-state index in [9.17, 15) is 0 Å². The van der Waals surface area contributed by atoms with Gasteiger partial charge in [-0.2, -0.15) is 0 Å². The summed E-state index contributed by atoms with van der Waals surface area (Å²) < 4.78 is 0. The normalized spacial score (nSPS) is 11.5. The van der Waals surface area contributed by atoms with Gasteiger partial charge in [0.25, 0.3) is 0 Å². The van der Waals surface area contributed by atoms with Crippen LogP contribution in [-0.2, 0) is 0 Å². The second kappa shape index (κ2) is 4.57. The molecule has 1 nitrogen and oxygen atoms in total. The predicted octanol–water partition coefficient (Wildman–Crippen LogP) is 2.04. The first-order valence-corrected chi connectivity index (χ1v) is 2.92. The van der Waals surface area contributed by atoms with Crippen molar-refractivity contribution in [3.8, 4) is 0 Å². The molecule has 0 aliphatic carbocycles. The fourth-order valence-corrected chi connectivity index (χ4v) is 0.543. The van der Waals surface area contributed by atoms with Crippen LogP contribution in [0.25, 0.3) is 0 Å². The predicted molar refractivity (Wildman–Crippen MR) is 38.5 cm³/mol. The van der Waals surface area contributed by atoms with Gasteiger partial charge in [0.15, 0.2) is 0 Å². The Balaban J connectivity index is 3.44. The molecule has 0 bridgehead atoms. The van der Waals surface area contributed by atoms with Crippen LogP contribution in [0.2, 0.25) is 0 Å². The molecular weight excluding hydrogens is 98.1 g/mol. The van der Waals surface area contributed by atoms with E-state index in [1.165, 1.54) is 5.71 Å². The van der Waals surface area contributed by atoms with Crippen molar-refractivity contribution in [2.75, 3.05) is 6.54 Å². The van der Waals surface area contributed by atoms with Crippen molar-refractivity contribution in [2.24, 2.45) is 4.99 Å². The monoisotopic (exact) mass is 111 g/mol. The first-order valence-electron chi connectivity index (χ1n) is 2.92. The van der Waals surface area contributed by atoms with Gasteiger partial charge >= 0.3 is 0 Å². The highest BCUT2D eigenvalue weighted by atomic mass is 14.7. The van der Waals surface area contributed by atoms with Gasteiger partial charge in [0.1, 0.15) is 0 Å². The molecule has 0 aliphatic rings. The summed E-state index contributed by atoms with van der Waals surface area (Å²) in [6, 6.07) is 0. The number of nitrogens with zero attached hydrogens (tertiary/aromatic N) is 1. The maximum atomic E-state index is 4.16. The van der Waals surface area contributed by atoms with E-state index >= 15 is 0 Å². The Morgan fingerprint density at radius 1 is 1.75 bits per heavy atom. The summed E-state index contributed by atoms with van der Waals surface area (Å²) in [5.41, 5.74) is 1.17. The molecule has 8 heavy (non-hydrogen) atoms. The number of allylic oxidation sites excluding steroid dienone is 1. The first kappa shape index (κ1) is 7.41. The van der Waals surface area contributed by atoms with Crippen molar-refractivity contribution in [1.29, 1.82) is 0 Å². The molecule has 1 heteroatoms. The molecule has 0 radical (unpaired) electrons. The largest absolute Gasteiger partial charge is 0.294 e. The van der Waals surface area contributed by atoms with Gasteiger partial charge in [-0.15, -0.1) is 6.58 Å². The molecule has 0 saturated carbocycles. The van der Waals surface area contributed by atoms with Crippen LogP contribution in [0.3, 0.4) is 0 Å². The fraction of sp³-hybridized carbons (Fsp3) is 0.571. The van der Waals surface area contributed by atoms with E-state index in [0.29, 0.717) is 0 Å². The van der Waals surface area contributed by atoms with E-state index in [2.05, 4.69) is 11.6 Å². The van der Waals surface area contributed by atoms with Gasteiger partial charge in [0, 0.05) is 18.7 Å². The number of hydrogen-bond acceptors (Lipinski definition) is 1. The number of aliphatic imine (C=N–C) groups is 1. The molecule has 0 N–H and O–H groups in total. The Hall–Kier alpha value is -0.590. The molecule has 46 valence electrons. The molecule has 0 aromatic heterocycles. The van der Waals surface area contributed by atoms with Gasteiger partial charge in [0.2, 0.25) is 0 Å². The fourth-order valence-electron chi connectivity index (χ4n) is 0.543. The van der Waals surface area contributed by atoms with E-state index in [-0.39, 0.29) is 0 Å². The molecule has 0 saturated heterocycles. The maximum Gasteiger partial charge on any atom is 0.0360 e. The Bertz CT molecular complexity index is 92.6. The van der Waals surface area contributed by atoms with Crippen LogP contribution in [0.15, 0.2) is 17.6 Å². The van der Waals surface area contributed by atoms with E-state index < -0.39 is 0 Å². The van der Waals surface area contributed by atoms with Gasteiger partial charge < -0.3 is 0 Å². The van der Waals surface area contributed by atoms with Crippen molar-refractivity contribution in [1.82, 2.24) is 0 Å². The van der Waals surface area contributed by atoms with Crippen LogP contribution in [0.5, 0.6) is 0 Å². The quantitative estimate of drug-likeness (QED) is 0.390. The smallest absolute Gasteiger partial charge is 0.0360 e. The van der Waals surface area contributed by atoms with Crippen molar-refractivity contribution >= 4 is 5.71 Å². The molecule has 0 spiro atoms. The van der Waals surface area contributed by atoms with Crippen molar-refractivity contribution in [2.45, 2.75) is 20.3 Å². The van der Waals surface area contributed by atoms with Crippen molar-refractivity contribution in [3.05, 3.63) is 12.7 Å². The molecule has 0 aromatic rings. The van der Waals surface area contributed by atoms with E-state index in [4.69, 9.17) is 0 Å². The van der Waals surface area contributed by atoms with Crippen LogP contribution >= 0.6 is 0 Å². The SMILES string of the molecule is C=CCC(C)=NCC. The lowest BCUT2D eigenvalue weighted by molar-refractivity contribution is 1.11. The summed E-state index contributed by atoms with van der Waals surface area (Å²) in [7, 11) is 0. The molecule has 0 amide bonds. The summed E-state index contributed by atoms with van der Waals surface area (Å²) in [5.74, 6) is 0. The first-order chi connectivity index (χ1) is 3.81. The Labute approximate surface area is 51.1 Å². The lowest BCUT2D eigenvalue weighted by Gasteiger charge is -1.89. The third kappa shape index (κ3) is 3.59. The summed E-state index contributed by atoms with van der Waals surface area (Å²) in [4.78, 5) is 4.16. The molecule has 0 rings (SSSR count). The Morgan fingerprint density at radius 2 is 2.38 bits per heavy atom. The molecule has 0 unspecified atom stereocenters. The van der Waals surface area contributed by atoms with E-state index in [1.807, 2.05) is 19.9 Å². The van der Waals surface area contributed by atoms with Crippen LogP contribution < -0.4 is 0 Å². The second-order valence-corrected chi connectivity index (χ2v) is 1.70. The van der Waals surface area contributed by atoms with Gasteiger partial charge in [-0.1, -0.05) is 6.08 Å². The second-order valence-electron chi connectivity index (χ2n) is 1.70. The average Bonchev–Trinajstić information content (AvgIpc) is 1.68. The highest BCUT2D eigenvalue weighted by molar-refractivity contribution is 5.83. The number of hydrogen-bond donors (Lipinski definition) is 0. The Morgan fingerprint density at radius 3 is 2.75 bits per heavy atom. The van der Waals surface area contributed by atoms with Crippen molar-refractivity contribution in [3.63, 3.8) is 0 Å². The summed E-state index contributed by atoms with van der Waals surface area (Å²) >= 11 is 0. The molecule has 0 aliphatic heterocycles. The van der Waals surface area contributed by atoms with Crippen LogP contribution in [0.4, 0.5) is 0 Å². The van der Waals surface area contributed by atoms with E-state index in [0.717, 1.165) is 13.0 Å². The van der Waals surface area contributed by atoms with Gasteiger partial charge in [-0.3, -0.25) is 4.99 Å². The van der Waals surface area contributed by atoms with Crippen LogP contribution in [0.1, 0.15) is 20.3 Å². The minimum Gasteiger partial charge on any atom is -0.294 e. The van der Waals surface area contributed by atoms with Crippen LogP contribution in [-0.4, -0.2) is 12.3 Å². The van der Waals surface area contributed by atoms with Gasteiger partial charge in [-0.25, -0.2) is 0 Å². The highest BCUT2D eigenvalue weighted by Gasteiger charge is 1.80. The molecule has 0 atom stereocenters. The zero-order chi connectivity index (χ0) is 6.41. The minimum absolute atomic E-state index is 0.889. The molecular formula is C7H13N. The molecule has 0 aromatic carbocycles. The lowest BCUT2D eigenvalue weighted by Crippen LogP contribution is -1.87. The lowest BCUT2D eigenvalue weighted by atomic mass is 10.3. The third-order valence-corrected chi connectivity index (χ3v) is 0.868. The zero-order valence-electron chi connectivity index (χ0n) is 5.65. The van der Waals surface area contributed by atoms with Gasteiger partial charge in [-0.05, 0) is 13.8 Å². The maximum absolute atomic E-state index is 4.16. The summed E-state index contributed by atoms with van der Waals surface area (Å²) in [5, 5.41) is 0. The average molecular weight is 111 g/mol. The van der Waals surface area contributed by atoms with Crippen molar-refractivity contribution < 1.29 is 0 Å². The highest BCUT2D eigenvalue weighted by Crippen LogP contribution is 1.85. The third-order valence-electron chi connectivity index (χ3n) is 0.868. The topological polar surface area (TPSA) is 12.4 Å². The summed E-state index contributed by atoms with van der Waals surface area (Å²) in [6.07, 6.45) is 2.79. The standard InChI is InChI=1S/C7H13N/c1-4-6-7(3)8-5-2/h4H,1,5-6H2,2-3H3. The molecule has 0 fully saturated rings. The molecule has 0 heterocycles. The number of rotatable bonds is 3. The summed E-state index contributed by atoms with van der Waals surface area (Å²) in [6.45, 7) is 8.54. The minimum atomic E-state index is 0.889.